The summed E-state index contributed by atoms with van der Waals surface area (Å²) in [6.07, 6.45) is 0.525. The smallest absolute Gasteiger partial charge is 0.253 e. The average molecular weight is 255 g/mol. The number of carbonyl (C=O) groups excluding carboxylic acids is 1. The lowest BCUT2D eigenvalue weighted by atomic mass is 10.0. The van der Waals surface area contributed by atoms with Crippen LogP contribution >= 0.6 is 11.6 Å². The number of halogens is 1. The maximum absolute atomic E-state index is 11.9. The standard InChI is InChI=1S/C12H15ClN2O2/c1-7-4-5-17-11(7)12(16)15-10-3-2-8(14)6-9(10)13/h2-3,6-7,11H,4-5,14H2,1H3,(H,15,16). The third-order valence-electron chi connectivity index (χ3n) is 2.90. The minimum atomic E-state index is -0.386. The Balaban J connectivity index is 2.07. The zero-order valence-corrected chi connectivity index (χ0v) is 10.3. The van der Waals surface area contributed by atoms with E-state index in [2.05, 4.69) is 5.32 Å². The zero-order chi connectivity index (χ0) is 12.4. The van der Waals surface area contributed by atoms with Crippen LogP contribution in [0.1, 0.15) is 13.3 Å². The molecule has 0 radical (unpaired) electrons. The lowest BCUT2D eigenvalue weighted by molar-refractivity contribution is -0.126. The van der Waals surface area contributed by atoms with Gasteiger partial charge in [0.05, 0.1) is 10.7 Å². The second kappa shape index (κ2) is 4.94. The molecule has 1 aromatic carbocycles. The van der Waals surface area contributed by atoms with Crippen molar-refractivity contribution in [3.8, 4) is 0 Å². The predicted molar refractivity (Wildman–Crippen MR) is 68.0 cm³/mol. The molecule has 17 heavy (non-hydrogen) atoms. The van der Waals surface area contributed by atoms with Gasteiger partial charge in [0.15, 0.2) is 0 Å². The number of anilines is 2. The quantitative estimate of drug-likeness (QED) is 0.796. The van der Waals surface area contributed by atoms with Crippen molar-refractivity contribution in [2.45, 2.75) is 19.4 Å². The highest BCUT2D eigenvalue weighted by Crippen LogP contribution is 2.26. The highest BCUT2D eigenvalue weighted by molar-refractivity contribution is 6.34. The number of ether oxygens (including phenoxy) is 1. The fraction of sp³-hybridized carbons (Fsp3) is 0.417. The van der Waals surface area contributed by atoms with Crippen LogP contribution < -0.4 is 11.1 Å². The van der Waals surface area contributed by atoms with Crippen molar-refractivity contribution in [3.63, 3.8) is 0 Å². The molecule has 92 valence electrons. The highest BCUT2D eigenvalue weighted by atomic mass is 35.5. The first-order valence-electron chi connectivity index (χ1n) is 5.55. The predicted octanol–water partition coefficient (Wildman–Crippen LogP) is 2.29. The van der Waals surface area contributed by atoms with E-state index in [1.54, 1.807) is 18.2 Å². The van der Waals surface area contributed by atoms with Crippen molar-refractivity contribution < 1.29 is 9.53 Å². The summed E-state index contributed by atoms with van der Waals surface area (Å²) in [4.78, 5) is 11.9. The maximum Gasteiger partial charge on any atom is 0.253 e. The van der Waals surface area contributed by atoms with E-state index in [0.717, 1.165) is 6.42 Å². The number of amides is 1. The molecule has 0 spiro atoms. The van der Waals surface area contributed by atoms with Crippen molar-refractivity contribution in [2.24, 2.45) is 5.92 Å². The van der Waals surface area contributed by atoms with E-state index in [1.807, 2.05) is 6.92 Å². The average Bonchev–Trinajstić information content (AvgIpc) is 2.68. The molecule has 1 aliphatic rings. The molecule has 1 heterocycles. The summed E-state index contributed by atoms with van der Waals surface area (Å²) in [7, 11) is 0. The molecular formula is C12H15ClN2O2. The van der Waals surface area contributed by atoms with Crippen LogP contribution in [0.3, 0.4) is 0 Å². The van der Waals surface area contributed by atoms with Gasteiger partial charge >= 0.3 is 0 Å². The largest absolute Gasteiger partial charge is 0.399 e. The van der Waals surface area contributed by atoms with Crippen LogP contribution in [0.25, 0.3) is 0 Å². The molecule has 5 heteroatoms. The van der Waals surface area contributed by atoms with Gasteiger partial charge in [-0.15, -0.1) is 0 Å². The number of hydrogen-bond acceptors (Lipinski definition) is 3. The highest BCUT2D eigenvalue weighted by Gasteiger charge is 2.31. The second-order valence-corrected chi connectivity index (χ2v) is 4.69. The summed E-state index contributed by atoms with van der Waals surface area (Å²) in [5.41, 5.74) is 6.71. The van der Waals surface area contributed by atoms with E-state index in [-0.39, 0.29) is 17.9 Å². The number of hydrogen-bond donors (Lipinski definition) is 2. The molecule has 0 aromatic heterocycles. The van der Waals surface area contributed by atoms with Gasteiger partial charge in [0.1, 0.15) is 6.10 Å². The molecule has 3 N–H and O–H groups in total. The van der Waals surface area contributed by atoms with Crippen LogP contribution in [0, 0.1) is 5.92 Å². The van der Waals surface area contributed by atoms with Crippen molar-refractivity contribution in [1.82, 2.24) is 0 Å². The zero-order valence-electron chi connectivity index (χ0n) is 9.57. The number of carbonyl (C=O) groups is 1. The summed E-state index contributed by atoms with van der Waals surface area (Å²) < 4.78 is 5.38. The monoisotopic (exact) mass is 254 g/mol. The Morgan fingerprint density at radius 1 is 1.59 bits per heavy atom. The normalized spacial score (nSPS) is 23.6. The molecule has 0 aliphatic carbocycles. The SMILES string of the molecule is CC1CCOC1C(=O)Nc1ccc(N)cc1Cl. The molecular weight excluding hydrogens is 240 g/mol. The third-order valence-corrected chi connectivity index (χ3v) is 3.21. The number of benzene rings is 1. The van der Waals surface area contributed by atoms with E-state index < -0.39 is 0 Å². The van der Waals surface area contributed by atoms with Crippen molar-refractivity contribution in [2.75, 3.05) is 17.7 Å². The van der Waals surface area contributed by atoms with Gasteiger partial charge in [-0.2, -0.15) is 0 Å². The van der Waals surface area contributed by atoms with Crippen LogP contribution in [0.5, 0.6) is 0 Å². The van der Waals surface area contributed by atoms with E-state index >= 15 is 0 Å². The first kappa shape index (κ1) is 12.2. The van der Waals surface area contributed by atoms with Crippen molar-refractivity contribution >= 4 is 28.9 Å². The molecule has 2 atom stereocenters. The fourth-order valence-electron chi connectivity index (χ4n) is 1.87. The summed E-state index contributed by atoms with van der Waals surface area (Å²) >= 11 is 5.98. The van der Waals surface area contributed by atoms with E-state index in [9.17, 15) is 4.79 Å². The molecule has 2 rings (SSSR count). The Bertz CT molecular complexity index is 437. The molecule has 1 amide bonds. The maximum atomic E-state index is 11.9. The van der Waals surface area contributed by atoms with Crippen molar-refractivity contribution in [3.05, 3.63) is 23.2 Å². The molecule has 1 aromatic rings. The Morgan fingerprint density at radius 3 is 2.94 bits per heavy atom. The van der Waals surface area contributed by atoms with E-state index in [0.29, 0.717) is 23.0 Å². The number of nitrogens with one attached hydrogen (secondary N) is 1. The Morgan fingerprint density at radius 2 is 2.35 bits per heavy atom. The Kier molecular flexibility index (Phi) is 3.54. The second-order valence-electron chi connectivity index (χ2n) is 4.29. The van der Waals surface area contributed by atoms with Gasteiger partial charge in [-0.3, -0.25) is 4.79 Å². The van der Waals surface area contributed by atoms with Gasteiger partial charge in [-0.05, 0) is 30.5 Å². The molecule has 4 nitrogen and oxygen atoms in total. The van der Waals surface area contributed by atoms with Gasteiger partial charge in [-0.1, -0.05) is 18.5 Å². The lowest BCUT2D eigenvalue weighted by Crippen LogP contribution is -2.31. The summed E-state index contributed by atoms with van der Waals surface area (Å²) in [5.74, 6) is 0.0872. The van der Waals surface area contributed by atoms with Crippen LogP contribution in [-0.4, -0.2) is 18.6 Å². The van der Waals surface area contributed by atoms with Gasteiger partial charge in [0, 0.05) is 12.3 Å². The lowest BCUT2D eigenvalue weighted by Gasteiger charge is -2.15. The van der Waals surface area contributed by atoms with Gasteiger partial charge in [-0.25, -0.2) is 0 Å². The first-order valence-corrected chi connectivity index (χ1v) is 5.93. The van der Waals surface area contributed by atoms with E-state index in [1.165, 1.54) is 0 Å². The summed E-state index contributed by atoms with van der Waals surface area (Å²) in [5, 5.41) is 3.19. The summed E-state index contributed by atoms with van der Waals surface area (Å²) in [6, 6.07) is 4.99. The van der Waals surface area contributed by atoms with Crippen LogP contribution in [0.2, 0.25) is 5.02 Å². The topological polar surface area (TPSA) is 64.3 Å². The Hall–Kier alpha value is -1.26. The molecule has 1 fully saturated rings. The molecule has 1 saturated heterocycles. The van der Waals surface area contributed by atoms with Crippen LogP contribution in [-0.2, 0) is 9.53 Å². The van der Waals surface area contributed by atoms with Gasteiger partial charge < -0.3 is 15.8 Å². The Labute approximate surface area is 105 Å². The van der Waals surface area contributed by atoms with Crippen LogP contribution in [0.4, 0.5) is 11.4 Å². The van der Waals surface area contributed by atoms with E-state index in [4.69, 9.17) is 22.1 Å². The summed E-state index contributed by atoms with van der Waals surface area (Å²) in [6.45, 7) is 2.64. The molecule has 0 bridgehead atoms. The van der Waals surface area contributed by atoms with Crippen molar-refractivity contribution in [1.29, 1.82) is 0 Å². The minimum absolute atomic E-state index is 0.151. The molecule has 1 aliphatic heterocycles. The minimum Gasteiger partial charge on any atom is -0.399 e. The first-order chi connectivity index (χ1) is 8.08. The van der Waals surface area contributed by atoms with Gasteiger partial charge in [0.2, 0.25) is 0 Å². The van der Waals surface area contributed by atoms with Gasteiger partial charge in [0.25, 0.3) is 5.91 Å². The van der Waals surface area contributed by atoms with Crippen LogP contribution in [0.15, 0.2) is 18.2 Å². The number of nitrogens with two attached hydrogens (primary N) is 1. The molecule has 2 unspecified atom stereocenters. The number of nitrogen functional groups attached to an aromatic ring is 1. The third kappa shape index (κ3) is 2.70. The number of rotatable bonds is 2. The molecule has 0 saturated carbocycles. The fourth-order valence-corrected chi connectivity index (χ4v) is 2.10.